The van der Waals surface area contributed by atoms with E-state index in [2.05, 4.69) is 15.4 Å². The number of para-hydroxylation sites is 2. The number of hydrogen-bond donors (Lipinski definition) is 1. The first-order valence-electron chi connectivity index (χ1n) is 12.1. The van der Waals surface area contributed by atoms with Gasteiger partial charge in [-0.1, -0.05) is 66.2 Å². The number of fused-ring (bicyclic) bond motifs is 1. The Bertz CT molecular complexity index is 1880. The fraction of sp³-hybridized carbons (Fsp3) is 0.0345. The van der Waals surface area contributed by atoms with Gasteiger partial charge in [0, 0.05) is 17.2 Å². The molecule has 1 heterocycles. The number of anilines is 1. The molecular weight excluding hydrogens is 553 g/mol. The third kappa shape index (κ3) is 5.94. The minimum Gasteiger partial charge on any atom is -0.476 e. The zero-order valence-corrected chi connectivity index (χ0v) is 21.8. The van der Waals surface area contributed by atoms with E-state index >= 15 is 0 Å². The van der Waals surface area contributed by atoms with Gasteiger partial charge in [0.25, 0.3) is 11.5 Å². The van der Waals surface area contributed by atoms with Crippen LogP contribution in [0, 0.1) is 15.9 Å². The number of aromatic nitrogens is 2. The molecule has 5 rings (SSSR count). The normalized spacial score (nSPS) is 11.1. The number of nitrogens with one attached hydrogen (secondary N) is 1. The van der Waals surface area contributed by atoms with Crippen molar-refractivity contribution >= 4 is 46.0 Å². The molecule has 0 aliphatic rings. The van der Waals surface area contributed by atoms with Gasteiger partial charge in [-0.25, -0.2) is 9.37 Å². The summed E-state index contributed by atoms with van der Waals surface area (Å²) in [5.74, 6) is -1.48. The summed E-state index contributed by atoms with van der Waals surface area (Å²) in [6.45, 7) is -0.666. The molecule has 12 heteroatoms. The van der Waals surface area contributed by atoms with Crippen LogP contribution in [-0.2, 0) is 4.79 Å². The number of ether oxygens (including phenoxy) is 1. The molecule has 0 fully saturated rings. The summed E-state index contributed by atoms with van der Waals surface area (Å²) in [5.41, 5.74) is 0.262. The number of carbonyl (C=O) groups excluding carboxylic acids is 1. The van der Waals surface area contributed by atoms with Crippen LogP contribution in [0.5, 0.6) is 5.75 Å². The maximum Gasteiger partial charge on any atom is 0.313 e. The van der Waals surface area contributed by atoms with Crippen molar-refractivity contribution in [2.45, 2.75) is 0 Å². The van der Waals surface area contributed by atoms with Crippen LogP contribution in [0.15, 0.2) is 101 Å². The van der Waals surface area contributed by atoms with Crippen molar-refractivity contribution < 1.29 is 18.8 Å². The summed E-state index contributed by atoms with van der Waals surface area (Å²) < 4.78 is 20.3. The van der Waals surface area contributed by atoms with E-state index in [9.17, 15) is 24.1 Å². The van der Waals surface area contributed by atoms with Gasteiger partial charge in [0.15, 0.2) is 12.4 Å². The maximum atomic E-state index is 13.8. The fourth-order valence-electron chi connectivity index (χ4n) is 3.97. The summed E-state index contributed by atoms with van der Waals surface area (Å²) in [6, 6.07) is 23.8. The number of halogens is 2. The average Bonchev–Trinajstić information content (AvgIpc) is 2.97. The van der Waals surface area contributed by atoms with E-state index in [1.165, 1.54) is 36.5 Å². The Morgan fingerprint density at radius 2 is 1.78 bits per heavy atom. The minimum atomic E-state index is -0.747. The molecule has 10 nitrogen and oxygen atoms in total. The van der Waals surface area contributed by atoms with E-state index < -0.39 is 34.5 Å². The van der Waals surface area contributed by atoms with Crippen molar-refractivity contribution in [3.05, 3.63) is 128 Å². The number of rotatable bonds is 8. The lowest BCUT2D eigenvalue weighted by atomic mass is 10.2. The number of hydrogen-bond acceptors (Lipinski definition) is 7. The number of carbonyl (C=O) groups is 1. The topological polar surface area (TPSA) is 129 Å². The van der Waals surface area contributed by atoms with E-state index in [0.29, 0.717) is 16.5 Å². The molecule has 0 atom stereocenters. The van der Waals surface area contributed by atoms with E-state index in [1.807, 2.05) is 6.07 Å². The molecule has 5 aromatic rings. The van der Waals surface area contributed by atoms with Crippen molar-refractivity contribution in [2.24, 2.45) is 5.10 Å². The van der Waals surface area contributed by atoms with Crippen molar-refractivity contribution in [2.75, 3.05) is 11.9 Å². The molecule has 0 unspecified atom stereocenters. The largest absolute Gasteiger partial charge is 0.476 e. The fourth-order valence-corrected chi connectivity index (χ4v) is 4.25. The summed E-state index contributed by atoms with van der Waals surface area (Å²) in [4.78, 5) is 41.3. The Morgan fingerprint density at radius 1 is 1.07 bits per heavy atom. The molecule has 0 bridgehead atoms. The Labute approximate surface area is 236 Å². The van der Waals surface area contributed by atoms with Crippen molar-refractivity contribution in [3.63, 3.8) is 0 Å². The number of nitrogens with zero attached hydrogens (tertiary/aromatic N) is 4. The van der Waals surface area contributed by atoms with Gasteiger partial charge < -0.3 is 10.1 Å². The highest BCUT2D eigenvalue weighted by Crippen LogP contribution is 2.36. The Kier molecular flexibility index (Phi) is 7.79. The number of amides is 1. The zero-order valence-electron chi connectivity index (χ0n) is 21.0. The minimum absolute atomic E-state index is 0.0680. The standard InChI is InChI=1S/C29H19ClFN5O5/c30-21-14-18(15-25(36(39)40)27(21)41-17-26(37)33-24-13-7-5-11-22(24)31)16-32-35-28(19-8-2-1-3-9-19)34-23-12-6-4-10-20(23)29(35)38/h1-16H,17H2,(H,33,37). The summed E-state index contributed by atoms with van der Waals surface area (Å²) in [6.07, 6.45) is 1.23. The lowest BCUT2D eigenvalue weighted by molar-refractivity contribution is -0.385. The highest BCUT2D eigenvalue weighted by molar-refractivity contribution is 6.32. The number of nitro benzene ring substituents is 1. The van der Waals surface area contributed by atoms with Crippen molar-refractivity contribution in [3.8, 4) is 17.1 Å². The predicted molar refractivity (Wildman–Crippen MR) is 153 cm³/mol. The first-order chi connectivity index (χ1) is 19.8. The highest BCUT2D eigenvalue weighted by atomic mass is 35.5. The van der Waals surface area contributed by atoms with Crippen molar-refractivity contribution in [1.29, 1.82) is 0 Å². The molecule has 4 aromatic carbocycles. The lowest BCUT2D eigenvalue weighted by Gasteiger charge is -2.11. The quantitative estimate of drug-likeness (QED) is 0.145. The van der Waals surface area contributed by atoms with Gasteiger partial charge in [-0.15, -0.1) is 0 Å². The summed E-state index contributed by atoms with van der Waals surface area (Å²) in [5, 5.41) is 18.6. The van der Waals surface area contributed by atoms with E-state index in [4.69, 9.17) is 16.3 Å². The molecule has 0 saturated heterocycles. The van der Waals surface area contributed by atoms with Crippen LogP contribution >= 0.6 is 11.6 Å². The Morgan fingerprint density at radius 3 is 2.54 bits per heavy atom. The molecule has 1 amide bonds. The first kappa shape index (κ1) is 27.2. The van der Waals surface area contributed by atoms with Crippen LogP contribution in [0.1, 0.15) is 5.56 Å². The van der Waals surface area contributed by atoms with Gasteiger partial charge in [-0.3, -0.25) is 19.7 Å². The molecule has 0 aliphatic carbocycles. The van der Waals surface area contributed by atoms with E-state index in [1.54, 1.807) is 48.5 Å². The van der Waals surface area contributed by atoms with Crippen LogP contribution in [0.3, 0.4) is 0 Å². The molecule has 204 valence electrons. The molecule has 41 heavy (non-hydrogen) atoms. The third-order valence-electron chi connectivity index (χ3n) is 5.85. The second-order valence-electron chi connectivity index (χ2n) is 8.60. The smallest absolute Gasteiger partial charge is 0.313 e. The monoisotopic (exact) mass is 571 g/mol. The van der Waals surface area contributed by atoms with Crippen LogP contribution in [0.25, 0.3) is 22.3 Å². The molecule has 0 spiro atoms. The van der Waals surface area contributed by atoms with Gasteiger partial charge in [-0.2, -0.15) is 9.78 Å². The predicted octanol–water partition coefficient (Wildman–Crippen LogP) is 5.66. The maximum absolute atomic E-state index is 13.8. The van der Waals surface area contributed by atoms with Gasteiger partial charge >= 0.3 is 5.69 Å². The molecule has 0 aliphatic heterocycles. The van der Waals surface area contributed by atoms with Crippen LogP contribution in [0.2, 0.25) is 5.02 Å². The van der Waals surface area contributed by atoms with Gasteiger partial charge in [0.05, 0.1) is 32.8 Å². The first-order valence-corrected chi connectivity index (χ1v) is 12.5. The Balaban J connectivity index is 1.46. The zero-order chi connectivity index (χ0) is 28.9. The van der Waals surface area contributed by atoms with Gasteiger partial charge in [0.2, 0.25) is 5.75 Å². The number of nitro groups is 1. The van der Waals surface area contributed by atoms with Crippen LogP contribution in [-0.4, -0.2) is 33.3 Å². The number of benzene rings is 4. The summed E-state index contributed by atoms with van der Waals surface area (Å²) >= 11 is 6.30. The highest BCUT2D eigenvalue weighted by Gasteiger charge is 2.22. The molecular formula is C29H19ClFN5O5. The summed E-state index contributed by atoms with van der Waals surface area (Å²) in [7, 11) is 0. The second-order valence-corrected chi connectivity index (χ2v) is 9.01. The van der Waals surface area contributed by atoms with E-state index in [0.717, 1.165) is 10.7 Å². The van der Waals surface area contributed by atoms with Gasteiger partial charge in [-0.05, 0) is 30.3 Å². The molecule has 1 N–H and O–H groups in total. The van der Waals surface area contributed by atoms with Crippen LogP contribution in [0.4, 0.5) is 15.8 Å². The lowest BCUT2D eigenvalue weighted by Crippen LogP contribution is -2.21. The van der Waals surface area contributed by atoms with Crippen LogP contribution < -0.4 is 15.6 Å². The van der Waals surface area contributed by atoms with Crippen molar-refractivity contribution in [1.82, 2.24) is 9.66 Å². The second kappa shape index (κ2) is 11.8. The third-order valence-corrected chi connectivity index (χ3v) is 6.13. The SMILES string of the molecule is O=C(COc1c(Cl)cc(C=Nn2c(-c3ccccc3)nc3ccccc3c2=O)cc1[N+](=O)[O-])Nc1ccccc1F. The molecule has 0 radical (unpaired) electrons. The average molecular weight is 572 g/mol. The molecule has 1 aromatic heterocycles. The molecule has 0 saturated carbocycles. The Hall–Kier alpha value is -5.42. The van der Waals surface area contributed by atoms with E-state index in [-0.39, 0.29) is 27.8 Å². The van der Waals surface area contributed by atoms with Gasteiger partial charge in [0.1, 0.15) is 5.82 Å².